The Balaban J connectivity index is 2.19. The third-order valence-corrected chi connectivity index (χ3v) is 1.35. The van der Waals surface area contributed by atoms with E-state index in [4.69, 9.17) is 4.74 Å². The van der Waals surface area contributed by atoms with Gasteiger partial charge in [0.05, 0.1) is 12.2 Å². The first-order valence-electron chi connectivity index (χ1n) is 2.90. The lowest BCUT2D eigenvalue weighted by molar-refractivity contribution is 0.236. The summed E-state index contributed by atoms with van der Waals surface area (Å²) in [4.78, 5) is 0. The van der Waals surface area contributed by atoms with Crippen LogP contribution in [0.3, 0.4) is 0 Å². The fraction of sp³-hybridized carbons (Fsp3) is 1.00. The van der Waals surface area contributed by atoms with Crippen LogP contribution in [0.2, 0.25) is 0 Å². The number of rotatable bonds is 2. The number of alkyl halides is 1. The molecule has 0 aliphatic carbocycles. The largest absolute Gasteiger partial charge is 0.370 e. The molecule has 0 aromatic rings. The molecule has 1 saturated heterocycles. The molecule has 2 unspecified atom stereocenters. The van der Waals surface area contributed by atoms with Crippen molar-refractivity contribution in [1.82, 2.24) is 0 Å². The van der Waals surface area contributed by atoms with Crippen molar-refractivity contribution in [2.75, 3.05) is 6.61 Å². The fourth-order valence-electron chi connectivity index (χ4n) is 0.836. The highest BCUT2D eigenvalue weighted by Crippen LogP contribution is 2.31. The summed E-state index contributed by atoms with van der Waals surface area (Å²) in [5, 5.41) is 0. The van der Waals surface area contributed by atoms with Gasteiger partial charge >= 0.3 is 0 Å². The Kier molecular flexibility index (Phi) is 1.27. The minimum atomic E-state index is -0.720. The van der Waals surface area contributed by atoms with Gasteiger partial charge in [-0.3, -0.25) is 0 Å². The van der Waals surface area contributed by atoms with Crippen molar-refractivity contribution < 1.29 is 9.13 Å². The van der Waals surface area contributed by atoms with E-state index < -0.39 is 6.17 Å². The summed E-state index contributed by atoms with van der Waals surface area (Å²) in [6.45, 7) is 4.23. The summed E-state index contributed by atoms with van der Waals surface area (Å²) in [6.07, 6.45) is -0.171. The standard InChI is InChI=1S/C6H11FO/c1-5(7)3-6(2)4-8-6/h5H,3-4H2,1-2H3. The van der Waals surface area contributed by atoms with Crippen LogP contribution in [0.25, 0.3) is 0 Å². The van der Waals surface area contributed by atoms with Crippen LogP contribution in [0.1, 0.15) is 20.3 Å². The maximum absolute atomic E-state index is 12.2. The summed E-state index contributed by atoms with van der Waals surface area (Å²) >= 11 is 0. The van der Waals surface area contributed by atoms with Gasteiger partial charge in [-0.2, -0.15) is 0 Å². The van der Waals surface area contributed by atoms with E-state index in [9.17, 15) is 4.39 Å². The molecule has 0 aromatic heterocycles. The van der Waals surface area contributed by atoms with Crippen LogP contribution in [0.15, 0.2) is 0 Å². The molecule has 1 rings (SSSR count). The van der Waals surface area contributed by atoms with E-state index in [0.29, 0.717) is 6.42 Å². The molecule has 48 valence electrons. The molecule has 1 fully saturated rings. The number of ether oxygens (including phenoxy) is 1. The van der Waals surface area contributed by atoms with E-state index in [1.807, 2.05) is 6.92 Å². The van der Waals surface area contributed by atoms with Gasteiger partial charge in [0.2, 0.25) is 0 Å². The molecule has 1 aliphatic rings. The number of hydrogen-bond acceptors (Lipinski definition) is 1. The number of epoxide rings is 1. The Morgan fingerprint density at radius 3 is 2.50 bits per heavy atom. The van der Waals surface area contributed by atoms with Crippen molar-refractivity contribution >= 4 is 0 Å². The maximum atomic E-state index is 12.2. The summed E-state index contributed by atoms with van der Waals surface area (Å²) in [7, 11) is 0. The topological polar surface area (TPSA) is 12.5 Å². The van der Waals surface area contributed by atoms with Gasteiger partial charge in [-0.05, 0) is 13.8 Å². The zero-order valence-corrected chi connectivity index (χ0v) is 5.28. The van der Waals surface area contributed by atoms with Gasteiger partial charge < -0.3 is 4.74 Å². The van der Waals surface area contributed by atoms with E-state index in [1.54, 1.807) is 6.92 Å². The average Bonchev–Trinajstić information content (AvgIpc) is 2.17. The Hall–Kier alpha value is -0.110. The van der Waals surface area contributed by atoms with Crippen molar-refractivity contribution in [3.8, 4) is 0 Å². The molecule has 0 spiro atoms. The number of halogens is 1. The maximum Gasteiger partial charge on any atom is 0.100 e. The monoisotopic (exact) mass is 118 g/mol. The van der Waals surface area contributed by atoms with Crippen LogP contribution >= 0.6 is 0 Å². The second kappa shape index (κ2) is 1.69. The molecule has 0 bridgehead atoms. The second-order valence-electron chi connectivity index (χ2n) is 2.72. The van der Waals surface area contributed by atoms with E-state index >= 15 is 0 Å². The van der Waals surface area contributed by atoms with Gasteiger partial charge in [0.15, 0.2) is 0 Å². The Bertz CT molecular complexity index is 86.5. The quantitative estimate of drug-likeness (QED) is 0.501. The molecule has 0 radical (unpaired) electrons. The van der Waals surface area contributed by atoms with Gasteiger partial charge in [0.1, 0.15) is 6.17 Å². The lowest BCUT2D eigenvalue weighted by atomic mass is 10.1. The van der Waals surface area contributed by atoms with Gasteiger partial charge in [-0.1, -0.05) is 0 Å². The molecule has 0 amide bonds. The SMILES string of the molecule is CC(F)CC1(C)CO1. The van der Waals surface area contributed by atoms with Crippen molar-refractivity contribution in [3.63, 3.8) is 0 Å². The predicted molar refractivity (Wildman–Crippen MR) is 29.5 cm³/mol. The minimum absolute atomic E-state index is 0.103. The van der Waals surface area contributed by atoms with E-state index in [0.717, 1.165) is 6.61 Å². The first kappa shape index (κ1) is 6.02. The molecule has 0 saturated carbocycles. The van der Waals surface area contributed by atoms with Crippen LogP contribution in [-0.2, 0) is 4.74 Å². The van der Waals surface area contributed by atoms with Crippen molar-refractivity contribution in [3.05, 3.63) is 0 Å². The fourth-order valence-corrected chi connectivity index (χ4v) is 0.836. The molecule has 1 nitrogen and oxygen atoms in total. The first-order chi connectivity index (χ1) is 3.62. The first-order valence-corrected chi connectivity index (χ1v) is 2.90. The Morgan fingerprint density at radius 2 is 2.38 bits per heavy atom. The van der Waals surface area contributed by atoms with E-state index in [2.05, 4.69) is 0 Å². The van der Waals surface area contributed by atoms with Crippen LogP contribution in [0.4, 0.5) is 4.39 Å². The molecular weight excluding hydrogens is 107 g/mol. The zero-order chi connectivity index (χ0) is 6.20. The van der Waals surface area contributed by atoms with Crippen molar-refractivity contribution in [1.29, 1.82) is 0 Å². The van der Waals surface area contributed by atoms with Crippen molar-refractivity contribution in [2.45, 2.75) is 32.0 Å². The van der Waals surface area contributed by atoms with Gasteiger partial charge in [-0.25, -0.2) is 4.39 Å². The molecule has 1 heterocycles. The third-order valence-electron chi connectivity index (χ3n) is 1.35. The summed E-state index contributed by atoms with van der Waals surface area (Å²) in [6, 6.07) is 0. The summed E-state index contributed by atoms with van der Waals surface area (Å²) in [5.74, 6) is 0. The summed E-state index contributed by atoms with van der Waals surface area (Å²) < 4.78 is 17.1. The van der Waals surface area contributed by atoms with E-state index in [-0.39, 0.29) is 5.60 Å². The lowest BCUT2D eigenvalue weighted by Crippen LogP contribution is -2.10. The normalized spacial score (nSPS) is 39.4. The third kappa shape index (κ3) is 1.44. The highest BCUT2D eigenvalue weighted by molar-refractivity contribution is 4.88. The molecule has 0 aromatic carbocycles. The molecule has 2 atom stereocenters. The van der Waals surface area contributed by atoms with Crippen LogP contribution in [0, 0.1) is 0 Å². The van der Waals surface area contributed by atoms with Crippen LogP contribution < -0.4 is 0 Å². The predicted octanol–water partition coefficient (Wildman–Crippen LogP) is 1.52. The molecule has 2 heteroatoms. The Morgan fingerprint density at radius 1 is 1.88 bits per heavy atom. The smallest absolute Gasteiger partial charge is 0.100 e. The average molecular weight is 118 g/mol. The number of hydrogen-bond donors (Lipinski definition) is 0. The molecular formula is C6H11FO. The zero-order valence-electron chi connectivity index (χ0n) is 5.28. The van der Waals surface area contributed by atoms with Crippen LogP contribution in [-0.4, -0.2) is 18.4 Å². The van der Waals surface area contributed by atoms with Gasteiger partial charge in [0, 0.05) is 6.42 Å². The molecule has 1 aliphatic heterocycles. The molecule has 8 heavy (non-hydrogen) atoms. The van der Waals surface area contributed by atoms with Gasteiger partial charge in [-0.15, -0.1) is 0 Å². The molecule has 0 N–H and O–H groups in total. The van der Waals surface area contributed by atoms with Gasteiger partial charge in [0.25, 0.3) is 0 Å². The highest BCUT2D eigenvalue weighted by Gasteiger charge is 2.40. The van der Waals surface area contributed by atoms with Crippen LogP contribution in [0.5, 0.6) is 0 Å². The lowest BCUT2D eigenvalue weighted by Gasteiger charge is -2.03. The second-order valence-corrected chi connectivity index (χ2v) is 2.72. The Labute approximate surface area is 48.8 Å². The highest BCUT2D eigenvalue weighted by atomic mass is 19.1. The minimum Gasteiger partial charge on any atom is -0.370 e. The van der Waals surface area contributed by atoms with Crippen molar-refractivity contribution in [2.24, 2.45) is 0 Å². The summed E-state index contributed by atoms with van der Waals surface area (Å²) in [5.41, 5.74) is -0.103. The van der Waals surface area contributed by atoms with E-state index in [1.165, 1.54) is 0 Å².